The maximum absolute atomic E-state index is 11.9. The molecule has 0 bridgehead atoms. The van der Waals surface area contributed by atoms with E-state index in [0.29, 0.717) is 25.2 Å². The molecule has 124 valence electrons. The molecule has 0 fully saturated rings. The summed E-state index contributed by atoms with van der Waals surface area (Å²) < 4.78 is 28.0. The molecular formula is C16H17N5O2S. The van der Waals surface area contributed by atoms with Crippen molar-refractivity contribution < 1.29 is 8.42 Å². The Morgan fingerprint density at radius 1 is 1.17 bits per heavy atom. The lowest BCUT2D eigenvalue weighted by Crippen LogP contribution is -2.22. The Balaban J connectivity index is 1.49. The van der Waals surface area contributed by atoms with E-state index in [-0.39, 0.29) is 0 Å². The Morgan fingerprint density at radius 3 is 2.83 bits per heavy atom. The van der Waals surface area contributed by atoms with Gasteiger partial charge < -0.3 is 0 Å². The molecule has 3 aromatic rings. The zero-order valence-corrected chi connectivity index (χ0v) is 13.7. The summed E-state index contributed by atoms with van der Waals surface area (Å²) in [5, 5.41) is 5.21. The van der Waals surface area contributed by atoms with Crippen molar-refractivity contribution >= 4 is 21.9 Å². The van der Waals surface area contributed by atoms with Crippen LogP contribution in [-0.4, -0.2) is 34.5 Å². The fourth-order valence-electron chi connectivity index (χ4n) is 2.17. The van der Waals surface area contributed by atoms with Gasteiger partial charge in [0.25, 0.3) is 5.78 Å². The molecule has 0 radical (unpaired) electrons. The van der Waals surface area contributed by atoms with E-state index in [1.807, 2.05) is 36.5 Å². The Labute approximate surface area is 140 Å². The molecule has 3 rings (SSSR count). The summed E-state index contributed by atoms with van der Waals surface area (Å²) in [7, 11) is -3.43. The smallest absolute Gasteiger partial charge is 0.219 e. The van der Waals surface area contributed by atoms with Crippen LogP contribution < -0.4 is 4.72 Å². The number of benzene rings is 1. The minimum Gasteiger partial charge on any atom is -0.219 e. The van der Waals surface area contributed by atoms with Gasteiger partial charge in [0.15, 0.2) is 0 Å². The molecule has 2 heterocycles. The van der Waals surface area contributed by atoms with Crippen LogP contribution in [-0.2, 0) is 16.4 Å². The van der Waals surface area contributed by atoms with Crippen LogP contribution in [0.5, 0.6) is 0 Å². The molecule has 0 spiro atoms. The topological polar surface area (TPSA) is 89.2 Å². The zero-order chi connectivity index (χ0) is 16.8. The molecule has 24 heavy (non-hydrogen) atoms. The van der Waals surface area contributed by atoms with Crippen molar-refractivity contribution in [1.82, 2.24) is 24.3 Å². The molecule has 0 saturated carbocycles. The molecule has 1 aromatic carbocycles. The van der Waals surface area contributed by atoms with Crippen LogP contribution >= 0.6 is 0 Å². The molecule has 2 aromatic heterocycles. The normalized spacial score (nSPS) is 12.2. The van der Waals surface area contributed by atoms with Gasteiger partial charge in [-0.25, -0.2) is 22.6 Å². The van der Waals surface area contributed by atoms with Gasteiger partial charge in [0.2, 0.25) is 10.0 Å². The number of rotatable bonds is 7. The van der Waals surface area contributed by atoms with Crippen molar-refractivity contribution in [3.8, 4) is 0 Å². The number of hydrogen-bond acceptors (Lipinski definition) is 5. The highest BCUT2D eigenvalue weighted by Crippen LogP contribution is 2.04. The van der Waals surface area contributed by atoms with Crippen molar-refractivity contribution in [2.75, 3.05) is 6.54 Å². The third-order valence-corrected chi connectivity index (χ3v) is 4.47. The van der Waals surface area contributed by atoms with Gasteiger partial charge in [0, 0.05) is 24.3 Å². The van der Waals surface area contributed by atoms with Crippen LogP contribution in [0.4, 0.5) is 0 Å². The Hall–Kier alpha value is -2.58. The van der Waals surface area contributed by atoms with Crippen LogP contribution in [0.1, 0.15) is 17.5 Å². The number of hydrogen-bond donors (Lipinski definition) is 1. The molecule has 1 N–H and O–H groups in total. The molecule has 0 aliphatic carbocycles. The predicted molar refractivity (Wildman–Crippen MR) is 91.5 cm³/mol. The summed E-state index contributed by atoms with van der Waals surface area (Å²) in [6.07, 6.45) is 7.96. The van der Waals surface area contributed by atoms with E-state index in [4.69, 9.17) is 0 Å². The third-order valence-electron chi connectivity index (χ3n) is 3.37. The fourth-order valence-corrected chi connectivity index (χ4v) is 3.04. The lowest BCUT2D eigenvalue weighted by Gasteiger charge is -2.03. The van der Waals surface area contributed by atoms with Crippen molar-refractivity contribution in [1.29, 1.82) is 0 Å². The minimum atomic E-state index is -3.43. The van der Waals surface area contributed by atoms with Gasteiger partial charge in [0.05, 0.1) is 0 Å². The maximum atomic E-state index is 11.9. The summed E-state index contributed by atoms with van der Waals surface area (Å²) in [6, 6.07) is 9.30. The zero-order valence-electron chi connectivity index (χ0n) is 12.9. The average Bonchev–Trinajstić information content (AvgIpc) is 3.06. The van der Waals surface area contributed by atoms with Crippen LogP contribution in [0, 0.1) is 0 Å². The van der Waals surface area contributed by atoms with Crippen molar-refractivity contribution in [3.63, 3.8) is 0 Å². The van der Waals surface area contributed by atoms with Gasteiger partial charge in [-0.15, -0.1) is 0 Å². The number of nitrogens with zero attached hydrogens (tertiary/aromatic N) is 4. The van der Waals surface area contributed by atoms with E-state index in [1.165, 1.54) is 11.7 Å². The SMILES string of the molecule is O=S(=O)(C=Cc1ccccc1)NCCCc1cnc2ncnn2c1. The molecule has 7 nitrogen and oxygen atoms in total. The molecule has 0 saturated heterocycles. The largest absolute Gasteiger partial charge is 0.252 e. The Bertz CT molecular complexity index is 935. The molecule has 0 unspecified atom stereocenters. The number of aromatic nitrogens is 4. The van der Waals surface area contributed by atoms with Crippen molar-refractivity contribution in [2.24, 2.45) is 0 Å². The maximum Gasteiger partial charge on any atom is 0.252 e. The van der Waals surface area contributed by atoms with Gasteiger partial charge in [-0.1, -0.05) is 30.3 Å². The summed E-state index contributed by atoms with van der Waals surface area (Å²) >= 11 is 0. The summed E-state index contributed by atoms with van der Waals surface area (Å²) in [5.41, 5.74) is 1.82. The van der Waals surface area contributed by atoms with E-state index in [9.17, 15) is 8.42 Å². The highest BCUT2D eigenvalue weighted by Gasteiger charge is 2.05. The van der Waals surface area contributed by atoms with Gasteiger partial charge in [-0.3, -0.25) is 0 Å². The number of fused-ring (bicyclic) bond motifs is 1. The van der Waals surface area contributed by atoms with E-state index in [1.54, 1.807) is 16.8 Å². The van der Waals surface area contributed by atoms with E-state index >= 15 is 0 Å². The van der Waals surface area contributed by atoms with Gasteiger partial charge in [-0.2, -0.15) is 10.1 Å². The highest BCUT2D eigenvalue weighted by atomic mass is 32.2. The first-order chi connectivity index (χ1) is 11.6. The van der Waals surface area contributed by atoms with Gasteiger partial charge in [-0.05, 0) is 30.0 Å². The second-order valence-electron chi connectivity index (χ2n) is 5.22. The summed E-state index contributed by atoms with van der Waals surface area (Å²) in [6.45, 7) is 0.358. The van der Waals surface area contributed by atoms with Gasteiger partial charge in [0.1, 0.15) is 6.33 Å². The Morgan fingerprint density at radius 2 is 2.00 bits per heavy atom. The van der Waals surface area contributed by atoms with Crippen molar-refractivity contribution in [2.45, 2.75) is 12.8 Å². The van der Waals surface area contributed by atoms with Crippen LogP contribution in [0.15, 0.2) is 54.5 Å². The van der Waals surface area contributed by atoms with Gasteiger partial charge >= 0.3 is 0 Å². The predicted octanol–water partition coefficient (Wildman–Crippen LogP) is 1.65. The standard InChI is InChI=1S/C16H17N5O2S/c22-24(23,10-8-14-5-2-1-3-6-14)20-9-4-7-15-11-17-16-18-13-19-21(16)12-15/h1-3,5-6,8,10-13,20H,4,7,9H2. The van der Waals surface area contributed by atoms with E-state index in [2.05, 4.69) is 19.8 Å². The number of sulfonamides is 1. The summed E-state index contributed by atoms with van der Waals surface area (Å²) in [5.74, 6) is 0.547. The fraction of sp³-hybridized carbons (Fsp3) is 0.188. The quantitative estimate of drug-likeness (QED) is 0.659. The second-order valence-corrected chi connectivity index (χ2v) is 6.87. The number of aryl methyl sites for hydroxylation is 1. The molecular weight excluding hydrogens is 326 g/mol. The van der Waals surface area contributed by atoms with E-state index in [0.717, 1.165) is 11.1 Å². The molecule has 0 atom stereocenters. The van der Waals surface area contributed by atoms with Crippen LogP contribution in [0.3, 0.4) is 0 Å². The van der Waals surface area contributed by atoms with Crippen LogP contribution in [0.25, 0.3) is 11.9 Å². The first-order valence-corrected chi connectivity index (χ1v) is 9.04. The second kappa shape index (κ2) is 7.33. The van der Waals surface area contributed by atoms with Crippen LogP contribution in [0.2, 0.25) is 0 Å². The minimum absolute atomic E-state index is 0.358. The molecule has 8 heteroatoms. The monoisotopic (exact) mass is 343 g/mol. The first-order valence-electron chi connectivity index (χ1n) is 7.49. The lowest BCUT2D eigenvalue weighted by molar-refractivity contribution is 0.588. The number of nitrogens with one attached hydrogen (secondary N) is 1. The third kappa shape index (κ3) is 4.46. The van der Waals surface area contributed by atoms with E-state index < -0.39 is 10.0 Å². The lowest BCUT2D eigenvalue weighted by atomic mass is 10.2. The Kier molecular flexibility index (Phi) is 4.97. The summed E-state index contributed by atoms with van der Waals surface area (Å²) in [4.78, 5) is 8.15. The molecule has 0 amide bonds. The first kappa shape index (κ1) is 16.3. The highest BCUT2D eigenvalue weighted by molar-refractivity contribution is 7.92. The average molecular weight is 343 g/mol. The molecule has 0 aliphatic heterocycles. The molecule has 0 aliphatic rings. The van der Waals surface area contributed by atoms with Crippen molar-refractivity contribution in [3.05, 3.63) is 65.6 Å².